The molecule has 0 aliphatic carbocycles. The lowest BCUT2D eigenvalue weighted by atomic mass is 9.84. The van der Waals surface area contributed by atoms with Crippen molar-refractivity contribution >= 4 is 0 Å². The molecule has 1 atom stereocenters. The lowest BCUT2D eigenvalue weighted by Crippen LogP contribution is -2.66. The highest BCUT2D eigenvalue weighted by atomic mass is 16.5. The van der Waals surface area contributed by atoms with E-state index in [1.807, 2.05) is 36.8 Å². The first-order chi connectivity index (χ1) is 12.6. The van der Waals surface area contributed by atoms with Crippen molar-refractivity contribution in [3.8, 4) is 0 Å². The Balaban J connectivity index is 1.25. The van der Waals surface area contributed by atoms with E-state index in [9.17, 15) is 0 Å². The van der Waals surface area contributed by atoms with Crippen LogP contribution in [0.5, 0.6) is 0 Å². The SMILES string of the molecule is Cc1cccnc1CN1CC2(C[C@H](COCc3ccncc3)CN2C)C1. The van der Waals surface area contributed by atoms with Gasteiger partial charge in [-0.25, -0.2) is 0 Å². The van der Waals surface area contributed by atoms with Crippen LogP contribution in [-0.2, 0) is 17.9 Å². The van der Waals surface area contributed by atoms with E-state index >= 15 is 0 Å². The van der Waals surface area contributed by atoms with E-state index in [4.69, 9.17) is 4.74 Å². The van der Waals surface area contributed by atoms with Crippen molar-refractivity contribution in [2.24, 2.45) is 5.92 Å². The van der Waals surface area contributed by atoms with Crippen LogP contribution in [0, 0.1) is 12.8 Å². The maximum absolute atomic E-state index is 5.97. The van der Waals surface area contributed by atoms with Gasteiger partial charge in [-0.2, -0.15) is 0 Å². The molecule has 138 valence electrons. The van der Waals surface area contributed by atoms with Gasteiger partial charge >= 0.3 is 0 Å². The minimum absolute atomic E-state index is 0.341. The summed E-state index contributed by atoms with van der Waals surface area (Å²) in [5.74, 6) is 0.626. The van der Waals surface area contributed by atoms with Gasteiger partial charge in [-0.3, -0.25) is 19.8 Å². The van der Waals surface area contributed by atoms with Crippen LogP contribution in [0.2, 0.25) is 0 Å². The van der Waals surface area contributed by atoms with Crippen LogP contribution in [0.25, 0.3) is 0 Å². The average molecular weight is 352 g/mol. The molecule has 26 heavy (non-hydrogen) atoms. The van der Waals surface area contributed by atoms with Crippen LogP contribution in [0.1, 0.15) is 23.2 Å². The molecule has 5 nitrogen and oxygen atoms in total. The molecular formula is C21H28N4O. The van der Waals surface area contributed by atoms with Crippen LogP contribution in [0.3, 0.4) is 0 Å². The van der Waals surface area contributed by atoms with E-state index in [-0.39, 0.29) is 0 Å². The molecule has 0 bridgehead atoms. The first-order valence-electron chi connectivity index (χ1n) is 9.45. The van der Waals surface area contributed by atoms with E-state index in [0.29, 0.717) is 18.1 Å². The zero-order valence-electron chi connectivity index (χ0n) is 15.8. The number of rotatable bonds is 6. The summed E-state index contributed by atoms with van der Waals surface area (Å²) in [5.41, 5.74) is 4.03. The second-order valence-electron chi connectivity index (χ2n) is 7.96. The molecule has 1 spiro atoms. The summed E-state index contributed by atoms with van der Waals surface area (Å²) >= 11 is 0. The Morgan fingerprint density at radius 3 is 2.77 bits per heavy atom. The molecule has 4 heterocycles. The molecule has 0 aromatic carbocycles. The molecule has 0 N–H and O–H groups in total. The van der Waals surface area contributed by atoms with Crippen molar-refractivity contribution < 1.29 is 4.74 Å². The zero-order chi connectivity index (χ0) is 18.0. The summed E-state index contributed by atoms with van der Waals surface area (Å²) in [5, 5.41) is 0. The van der Waals surface area contributed by atoms with E-state index in [1.165, 1.54) is 23.2 Å². The van der Waals surface area contributed by atoms with E-state index in [1.54, 1.807) is 0 Å². The fourth-order valence-electron chi connectivity index (χ4n) is 4.44. The van der Waals surface area contributed by atoms with Crippen molar-refractivity contribution in [1.82, 2.24) is 19.8 Å². The Morgan fingerprint density at radius 2 is 2.00 bits per heavy atom. The van der Waals surface area contributed by atoms with Gasteiger partial charge in [0, 0.05) is 50.3 Å². The lowest BCUT2D eigenvalue weighted by Gasteiger charge is -2.52. The summed E-state index contributed by atoms with van der Waals surface area (Å²) in [6.07, 6.45) is 6.78. The molecule has 2 saturated heterocycles. The second-order valence-corrected chi connectivity index (χ2v) is 7.96. The van der Waals surface area contributed by atoms with Crippen molar-refractivity contribution in [3.63, 3.8) is 0 Å². The molecule has 0 unspecified atom stereocenters. The second kappa shape index (κ2) is 7.43. The zero-order valence-corrected chi connectivity index (χ0v) is 15.8. The third kappa shape index (κ3) is 3.65. The van der Waals surface area contributed by atoms with Gasteiger partial charge in [0.1, 0.15) is 0 Å². The summed E-state index contributed by atoms with van der Waals surface area (Å²) in [6, 6.07) is 8.20. The number of hydrogen-bond acceptors (Lipinski definition) is 5. The number of aromatic nitrogens is 2. The van der Waals surface area contributed by atoms with Crippen molar-refractivity contribution in [2.45, 2.75) is 32.0 Å². The fourth-order valence-corrected chi connectivity index (χ4v) is 4.44. The number of aryl methyl sites for hydroxylation is 1. The topological polar surface area (TPSA) is 41.5 Å². The van der Waals surface area contributed by atoms with Crippen LogP contribution < -0.4 is 0 Å². The fraction of sp³-hybridized carbons (Fsp3) is 0.524. The Labute approximate surface area is 156 Å². The number of hydrogen-bond donors (Lipinski definition) is 0. The number of likely N-dealkylation sites (tertiary alicyclic amines) is 2. The minimum atomic E-state index is 0.341. The molecule has 2 aromatic heterocycles. The first kappa shape index (κ1) is 17.6. The molecule has 0 radical (unpaired) electrons. The summed E-state index contributed by atoms with van der Waals surface area (Å²) in [6.45, 7) is 8.04. The largest absolute Gasteiger partial charge is 0.376 e. The number of pyridine rings is 2. The van der Waals surface area contributed by atoms with E-state index in [0.717, 1.165) is 32.8 Å². The van der Waals surface area contributed by atoms with Crippen molar-refractivity contribution in [3.05, 3.63) is 59.7 Å². The smallest absolute Gasteiger partial charge is 0.0718 e. The van der Waals surface area contributed by atoms with Gasteiger partial charge in [-0.05, 0) is 55.6 Å². The molecule has 0 amide bonds. The number of ether oxygens (including phenoxy) is 1. The van der Waals surface area contributed by atoms with Crippen LogP contribution >= 0.6 is 0 Å². The van der Waals surface area contributed by atoms with Gasteiger partial charge in [-0.15, -0.1) is 0 Å². The first-order valence-corrected chi connectivity index (χ1v) is 9.45. The van der Waals surface area contributed by atoms with Gasteiger partial charge < -0.3 is 4.74 Å². The average Bonchev–Trinajstić information content (AvgIpc) is 2.94. The van der Waals surface area contributed by atoms with Gasteiger partial charge in [-0.1, -0.05) is 6.07 Å². The molecule has 2 aliphatic rings. The Morgan fingerprint density at radius 1 is 1.19 bits per heavy atom. The van der Waals surface area contributed by atoms with Gasteiger partial charge in [0.25, 0.3) is 0 Å². The lowest BCUT2D eigenvalue weighted by molar-refractivity contribution is -0.0234. The minimum Gasteiger partial charge on any atom is -0.376 e. The molecule has 0 saturated carbocycles. The highest BCUT2D eigenvalue weighted by molar-refractivity contribution is 5.19. The van der Waals surface area contributed by atoms with Gasteiger partial charge in [0.05, 0.1) is 18.9 Å². The third-order valence-corrected chi connectivity index (χ3v) is 5.91. The van der Waals surface area contributed by atoms with E-state index < -0.39 is 0 Å². The highest BCUT2D eigenvalue weighted by Crippen LogP contribution is 2.40. The van der Waals surface area contributed by atoms with E-state index in [2.05, 4.69) is 39.8 Å². The summed E-state index contributed by atoms with van der Waals surface area (Å²) < 4.78 is 5.97. The van der Waals surface area contributed by atoms with Gasteiger partial charge in [0.15, 0.2) is 0 Å². The predicted molar refractivity (Wildman–Crippen MR) is 102 cm³/mol. The Kier molecular flexibility index (Phi) is 5.02. The quantitative estimate of drug-likeness (QED) is 0.799. The number of likely N-dealkylation sites (N-methyl/N-ethyl adjacent to an activating group) is 1. The number of nitrogens with zero attached hydrogens (tertiary/aromatic N) is 4. The summed E-state index contributed by atoms with van der Waals surface area (Å²) in [7, 11) is 2.27. The molecule has 2 aromatic rings. The maximum Gasteiger partial charge on any atom is 0.0718 e. The van der Waals surface area contributed by atoms with Crippen molar-refractivity contribution in [1.29, 1.82) is 0 Å². The molecule has 5 heteroatoms. The van der Waals surface area contributed by atoms with Crippen LogP contribution in [-0.4, -0.2) is 58.6 Å². The molecule has 2 aliphatic heterocycles. The van der Waals surface area contributed by atoms with Crippen LogP contribution in [0.4, 0.5) is 0 Å². The highest BCUT2D eigenvalue weighted by Gasteiger charge is 2.51. The molecule has 2 fully saturated rings. The monoisotopic (exact) mass is 352 g/mol. The maximum atomic E-state index is 5.97. The summed E-state index contributed by atoms with van der Waals surface area (Å²) in [4.78, 5) is 13.7. The Hall–Kier alpha value is -1.82. The standard InChI is InChI=1S/C21H28N4O/c1-17-4-3-7-23-20(17)12-25-15-21(16-25)10-19(11-24(21)2)14-26-13-18-5-8-22-9-6-18/h3-9,19H,10-16H2,1-2H3/t19-/m0/s1. The molecule has 4 rings (SSSR count). The van der Waals surface area contributed by atoms with Crippen LogP contribution in [0.15, 0.2) is 42.9 Å². The van der Waals surface area contributed by atoms with Gasteiger partial charge in [0.2, 0.25) is 0 Å². The molecular weight excluding hydrogens is 324 g/mol. The predicted octanol–water partition coefficient (Wildman–Crippen LogP) is 2.51. The normalized spacial score (nSPS) is 22.6. The third-order valence-electron chi connectivity index (χ3n) is 5.91. The van der Waals surface area contributed by atoms with Crippen molar-refractivity contribution in [2.75, 3.05) is 33.3 Å². The Bertz CT molecular complexity index is 730.